The lowest BCUT2D eigenvalue weighted by molar-refractivity contribution is -0.122. The van der Waals surface area contributed by atoms with Crippen LogP contribution in [0, 0.1) is 5.92 Å². The summed E-state index contributed by atoms with van der Waals surface area (Å²) < 4.78 is 10.4. The van der Waals surface area contributed by atoms with Crippen molar-refractivity contribution in [2.24, 2.45) is 5.92 Å². The zero-order valence-corrected chi connectivity index (χ0v) is 18.1. The van der Waals surface area contributed by atoms with Crippen molar-refractivity contribution in [3.63, 3.8) is 0 Å². The van der Waals surface area contributed by atoms with E-state index in [2.05, 4.69) is 10.2 Å². The molecule has 0 aromatic heterocycles. The van der Waals surface area contributed by atoms with E-state index < -0.39 is 0 Å². The maximum atomic E-state index is 12.7. The monoisotopic (exact) mass is 430 g/mol. The fourth-order valence-electron chi connectivity index (χ4n) is 3.68. The molecule has 0 spiro atoms. The number of ketones is 1. The molecule has 1 amide bonds. The Bertz CT molecular complexity index is 877. The number of nitrogens with zero attached hydrogens (tertiary/aromatic N) is 1. The number of carbonyl (C=O) groups is 2. The first kappa shape index (κ1) is 22.1. The molecule has 7 heteroatoms. The maximum absolute atomic E-state index is 12.7. The quantitative estimate of drug-likeness (QED) is 0.648. The second-order valence-electron chi connectivity index (χ2n) is 7.38. The lowest BCUT2D eigenvalue weighted by Gasteiger charge is -2.30. The molecule has 1 saturated heterocycles. The summed E-state index contributed by atoms with van der Waals surface area (Å²) in [6, 6.07) is 12.6. The maximum Gasteiger partial charge on any atom is 0.234 e. The molecule has 1 N–H and O–H groups in total. The SMILES string of the molecule is COc1ccc(C(=O)C2CCN(CC(=O)NCc3cc(Cl)ccc3OC)CC2)cc1. The number of Topliss-reactive ketones (excluding diaryl/α,β-unsaturated/α-hetero) is 1. The summed E-state index contributed by atoms with van der Waals surface area (Å²) in [5.41, 5.74) is 1.55. The number of piperidine rings is 1. The van der Waals surface area contributed by atoms with E-state index in [9.17, 15) is 9.59 Å². The highest BCUT2D eigenvalue weighted by Gasteiger charge is 2.26. The Hall–Kier alpha value is -2.57. The Balaban J connectivity index is 1.45. The topological polar surface area (TPSA) is 67.9 Å². The zero-order valence-electron chi connectivity index (χ0n) is 17.3. The highest BCUT2D eigenvalue weighted by atomic mass is 35.5. The number of amides is 1. The van der Waals surface area contributed by atoms with Crippen molar-refractivity contribution in [1.82, 2.24) is 10.2 Å². The van der Waals surface area contributed by atoms with Crippen molar-refractivity contribution in [1.29, 1.82) is 0 Å². The van der Waals surface area contributed by atoms with Gasteiger partial charge in [-0.3, -0.25) is 14.5 Å². The van der Waals surface area contributed by atoms with Crippen LogP contribution in [-0.4, -0.2) is 50.4 Å². The van der Waals surface area contributed by atoms with Gasteiger partial charge in [0.25, 0.3) is 0 Å². The van der Waals surface area contributed by atoms with E-state index in [4.69, 9.17) is 21.1 Å². The van der Waals surface area contributed by atoms with Crippen LogP contribution >= 0.6 is 11.6 Å². The molecule has 0 atom stereocenters. The van der Waals surface area contributed by atoms with Gasteiger partial charge in [-0.15, -0.1) is 0 Å². The molecule has 0 unspecified atom stereocenters. The first-order chi connectivity index (χ1) is 14.5. The molecule has 0 radical (unpaired) electrons. The summed E-state index contributed by atoms with van der Waals surface area (Å²) in [5.74, 6) is 1.53. The molecule has 2 aromatic carbocycles. The standard InChI is InChI=1S/C23H27ClN2O4/c1-29-20-6-3-16(4-7-20)23(28)17-9-11-26(12-10-17)15-22(27)25-14-18-13-19(24)5-8-21(18)30-2/h3-8,13,17H,9-12,14-15H2,1-2H3,(H,25,27). The molecule has 0 aliphatic carbocycles. The fraction of sp³-hybridized carbons (Fsp3) is 0.391. The van der Waals surface area contributed by atoms with Crippen LogP contribution < -0.4 is 14.8 Å². The van der Waals surface area contributed by atoms with Crippen LogP contribution in [0.2, 0.25) is 5.02 Å². The molecule has 6 nitrogen and oxygen atoms in total. The molecule has 0 bridgehead atoms. The third-order valence-electron chi connectivity index (χ3n) is 5.42. The number of hydrogen-bond acceptors (Lipinski definition) is 5. The van der Waals surface area contributed by atoms with Gasteiger partial charge in [0.1, 0.15) is 11.5 Å². The summed E-state index contributed by atoms with van der Waals surface area (Å²) in [6.07, 6.45) is 1.50. The second-order valence-corrected chi connectivity index (χ2v) is 7.81. The van der Waals surface area contributed by atoms with Gasteiger partial charge in [-0.2, -0.15) is 0 Å². The van der Waals surface area contributed by atoms with E-state index in [1.165, 1.54) is 0 Å². The van der Waals surface area contributed by atoms with Crippen molar-refractivity contribution >= 4 is 23.3 Å². The van der Waals surface area contributed by atoms with Gasteiger partial charge in [0, 0.05) is 28.6 Å². The van der Waals surface area contributed by atoms with Gasteiger partial charge in [0.2, 0.25) is 5.91 Å². The van der Waals surface area contributed by atoms with Gasteiger partial charge in [-0.1, -0.05) is 11.6 Å². The van der Waals surface area contributed by atoms with E-state index >= 15 is 0 Å². The van der Waals surface area contributed by atoms with Crippen molar-refractivity contribution in [3.8, 4) is 11.5 Å². The molecule has 30 heavy (non-hydrogen) atoms. The minimum Gasteiger partial charge on any atom is -0.497 e. The summed E-state index contributed by atoms with van der Waals surface area (Å²) in [5, 5.41) is 3.52. The first-order valence-electron chi connectivity index (χ1n) is 10.00. The van der Waals surface area contributed by atoms with Crippen molar-refractivity contribution in [2.75, 3.05) is 33.9 Å². The summed E-state index contributed by atoms with van der Waals surface area (Å²) in [7, 11) is 3.19. The predicted octanol–water partition coefficient (Wildman–Crippen LogP) is 3.57. The Labute approximate surface area is 182 Å². The number of halogens is 1. The molecular weight excluding hydrogens is 404 g/mol. The Morgan fingerprint density at radius 1 is 1.07 bits per heavy atom. The van der Waals surface area contributed by atoms with Crippen LogP contribution in [0.3, 0.4) is 0 Å². The van der Waals surface area contributed by atoms with Crippen LogP contribution in [0.1, 0.15) is 28.8 Å². The number of likely N-dealkylation sites (tertiary alicyclic amines) is 1. The van der Waals surface area contributed by atoms with Crippen LogP contribution in [0.4, 0.5) is 0 Å². The van der Waals surface area contributed by atoms with Gasteiger partial charge >= 0.3 is 0 Å². The van der Waals surface area contributed by atoms with Gasteiger partial charge in [-0.05, 0) is 68.4 Å². The molecule has 1 aliphatic heterocycles. The number of nitrogens with one attached hydrogen (secondary N) is 1. The number of rotatable bonds is 8. The van der Waals surface area contributed by atoms with E-state index in [1.807, 2.05) is 24.3 Å². The summed E-state index contributed by atoms with van der Waals surface area (Å²) >= 11 is 6.03. The third-order valence-corrected chi connectivity index (χ3v) is 5.65. The molecule has 160 valence electrons. The lowest BCUT2D eigenvalue weighted by Crippen LogP contribution is -2.42. The fourth-order valence-corrected chi connectivity index (χ4v) is 3.88. The Kier molecular flexibility index (Phi) is 7.71. The molecule has 1 aliphatic rings. The van der Waals surface area contributed by atoms with Crippen molar-refractivity contribution in [3.05, 3.63) is 58.6 Å². The van der Waals surface area contributed by atoms with Gasteiger partial charge in [0.15, 0.2) is 5.78 Å². The Morgan fingerprint density at radius 3 is 2.40 bits per heavy atom. The van der Waals surface area contributed by atoms with Crippen LogP contribution in [0.15, 0.2) is 42.5 Å². The first-order valence-corrected chi connectivity index (χ1v) is 10.4. The van der Waals surface area contributed by atoms with E-state index in [1.54, 1.807) is 32.4 Å². The normalized spacial score (nSPS) is 14.9. The average Bonchev–Trinajstić information content (AvgIpc) is 2.78. The summed E-state index contributed by atoms with van der Waals surface area (Å²) in [4.78, 5) is 27.2. The predicted molar refractivity (Wildman–Crippen MR) is 116 cm³/mol. The molecular formula is C23H27ClN2O4. The minimum atomic E-state index is -0.0584. The number of hydrogen-bond donors (Lipinski definition) is 1. The van der Waals surface area contributed by atoms with E-state index in [-0.39, 0.29) is 17.6 Å². The minimum absolute atomic E-state index is 0.00609. The summed E-state index contributed by atoms with van der Waals surface area (Å²) in [6.45, 7) is 2.11. The largest absolute Gasteiger partial charge is 0.497 e. The lowest BCUT2D eigenvalue weighted by atomic mass is 9.89. The van der Waals surface area contributed by atoms with Crippen LogP contribution in [0.5, 0.6) is 11.5 Å². The highest BCUT2D eigenvalue weighted by Crippen LogP contribution is 2.24. The number of carbonyl (C=O) groups excluding carboxylic acids is 2. The van der Waals surface area contributed by atoms with E-state index in [0.29, 0.717) is 29.4 Å². The number of methoxy groups -OCH3 is 2. The average molecular weight is 431 g/mol. The van der Waals surface area contributed by atoms with Crippen LogP contribution in [0.25, 0.3) is 0 Å². The zero-order chi connectivity index (χ0) is 21.5. The molecule has 3 rings (SSSR count). The van der Waals surface area contributed by atoms with Crippen molar-refractivity contribution in [2.45, 2.75) is 19.4 Å². The smallest absolute Gasteiger partial charge is 0.234 e. The van der Waals surface area contributed by atoms with Gasteiger partial charge < -0.3 is 14.8 Å². The van der Waals surface area contributed by atoms with Crippen molar-refractivity contribution < 1.29 is 19.1 Å². The van der Waals surface area contributed by atoms with Crippen LogP contribution in [-0.2, 0) is 11.3 Å². The molecule has 1 heterocycles. The molecule has 0 saturated carbocycles. The number of benzene rings is 2. The molecule has 1 fully saturated rings. The third kappa shape index (κ3) is 5.74. The molecule has 2 aromatic rings. The van der Waals surface area contributed by atoms with Gasteiger partial charge in [0.05, 0.1) is 20.8 Å². The number of ether oxygens (including phenoxy) is 2. The van der Waals surface area contributed by atoms with Gasteiger partial charge in [-0.25, -0.2) is 0 Å². The Morgan fingerprint density at radius 2 is 1.77 bits per heavy atom. The van der Waals surface area contributed by atoms with E-state index in [0.717, 1.165) is 37.2 Å². The second kappa shape index (κ2) is 10.5. The highest BCUT2D eigenvalue weighted by molar-refractivity contribution is 6.30.